The van der Waals surface area contributed by atoms with Gasteiger partial charge in [0, 0.05) is 25.2 Å². The van der Waals surface area contributed by atoms with Crippen molar-refractivity contribution in [2.75, 3.05) is 6.54 Å². The van der Waals surface area contributed by atoms with Crippen LogP contribution in [0.15, 0.2) is 12.3 Å². The Bertz CT molecular complexity index is 280. The highest BCUT2D eigenvalue weighted by Gasteiger charge is 2.29. The van der Waals surface area contributed by atoms with Gasteiger partial charge < -0.3 is 10.8 Å². The Hall–Kier alpha value is -0.870. The number of hydrogen-bond donors (Lipinski definition) is 2. The molecule has 0 aliphatic carbocycles. The van der Waals surface area contributed by atoms with Crippen molar-refractivity contribution in [3.63, 3.8) is 0 Å². The Labute approximate surface area is 78.4 Å². The van der Waals surface area contributed by atoms with E-state index in [-0.39, 0.29) is 5.41 Å². The van der Waals surface area contributed by atoms with Gasteiger partial charge in [-0.3, -0.25) is 4.68 Å². The molecule has 0 saturated carbocycles. The number of aliphatic hydroxyl groups excluding tert-OH is 1. The molecule has 0 saturated heterocycles. The summed E-state index contributed by atoms with van der Waals surface area (Å²) in [7, 11) is 1.81. The van der Waals surface area contributed by atoms with E-state index in [0.29, 0.717) is 6.54 Å². The molecule has 4 heteroatoms. The fourth-order valence-corrected chi connectivity index (χ4v) is 1.16. The molecule has 0 aromatic carbocycles. The lowest BCUT2D eigenvalue weighted by molar-refractivity contribution is 0.0486. The van der Waals surface area contributed by atoms with Gasteiger partial charge in [-0.1, -0.05) is 13.8 Å². The summed E-state index contributed by atoms with van der Waals surface area (Å²) in [6.07, 6.45) is 1.11. The highest BCUT2D eigenvalue weighted by atomic mass is 16.3. The zero-order valence-electron chi connectivity index (χ0n) is 8.36. The Kier molecular flexibility index (Phi) is 2.73. The molecule has 0 bridgehead atoms. The molecule has 1 atom stereocenters. The molecule has 1 unspecified atom stereocenters. The average molecular weight is 183 g/mol. The summed E-state index contributed by atoms with van der Waals surface area (Å²) >= 11 is 0. The summed E-state index contributed by atoms with van der Waals surface area (Å²) in [5.74, 6) is 0. The van der Waals surface area contributed by atoms with E-state index in [1.807, 2.05) is 27.0 Å². The maximum atomic E-state index is 9.98. The van der Waals surface area contributed by atoms with Crippen LogP contribution in [0.4, 0.5) is 0 Å². The van der Waals surface area contributed by atoms with E-state index in [0.717, 1.165) is 5.69 Å². The maximum Gasteiger partial charge on any atom is 0.102 e. The van der Waals surface area contributed by atoms with Gasteiger partial charge >= 0.3 is 0 Å². The molecule has 4 nitrogen and oxygen atoms in total. The normalized spacial score (nSPS) is 14.5. The molecule has 0 fully saturated rings. The minimum absolute atomic E-state index is 0.312. The number of aliphatic hydroxyl groups is 1. The van der Waals surface area contributed by atoms with Crippen LogP contribution in [0.3, 0.4) is 0 Å². The zero-order chi connectivity index (χ0) is 10.1. The predicted molar refractivity (Wildman–Crippen MR) is 51.0 cm³/mol. The Morgan fingerprint density at radius 1 is 1.69 bits per heavy atom. The fourth-order valence-electron chi connectivity index (χ4n) is 1.16. The van der Waals surface area contributed by atoms with Crippen LogP contribution in [0.2, 0.25) is 0 Å². The van der Waals surface area contributed by atoms with Gasteiger partial charge in [-0.15, -0.1) is 0 Å². The van der Waals surface area contributed by atoms with E-state index in [9.17, 15) is 5.11 Å². The van der Waals surface area contributed by atoms with Gasteiger partial charge in [0.15, 0.2) is 0 Å². The quantitative estimate of drug-likeness (QED) is 0.714. The highest BCUT2D eigenvalue weighted by Crippen LogP contribution is 2.31. The number of hydrogen-bond acceptors (Lipinski definition) is 3. The van der Waals surface area contributed by atoms with Crippen molar-refractivity contribution >= 4 is 0 Å². The number of nitrogens with two attached hydrogens (primary N) is 1. The van der Waals surface area contributed by atoms with Crippen LogP contribution >= 0.6 is 0 Å². The molecular weight excluding hydrogens is 166 g/mol. The molecule has 3 N–H and O–H groups in total. The number of rotatable bonds is 3. The van der Waals surface area contributed by atoms with Crippen molar-refractivity contribution in [1.29, 1.82) is 0 Å². The Balaban J connectivity index is 2.91. The van der Waals surface area contributed by atoms with Crippen molar-refractivity contribution in [2.45, 2.75) is 20.0 Å². The minimum Gasteiger partial charge on any atom is -0.386 e. The second kappa shape index (κ2) is 3.47. The number of aryl methyl sites for hydroxylation is 1. The first-order chi connectivity index (χ1) is 5.99. The Morgan fingerprint density at radius 2 is 2.31 bits per heavy atom. The lowest BCUT2D eigenvalue weighted by atomic mass is 9.85. The third-order valence-corrected chi connectivity index (χ3v) is 2.41. The molecule has 0 radical (unpaired) electrons. The van der Waals surface area contributed by atoms with Crippen molar-refractivity contribution in [3.05, 3.63) is 18.0 Å². The van der Waals surface area contributed by atoms with Crippen LogP contribution in [-0.4, -0.2) is 21.4 Å². The first-order valence-corrected chi connectivity index (χ1v) is 4.35. The third kappa shape index (κ3) is 1.89. The van der Waals surface area contributed by atoms with Crippen molar-refractivity contribution in [3.8, 4) is 0 Å². The van der Waals surface area contributed by atoms with Gasteiger partial charge in [0.2, 0.25) is 0 Å². The van der Waals surface area contributed by atoms with Crippen LogP contribution < -0.4 is 5.73 Å². The molecule has 0 amide bonds. The summed E-state index contributed by atoms with van der Waals surface area (Å²) in [5, 5.41) is 14.0. The number of aromatic nitrogens is 2. The van der Waals surface area contributed by atoms with Gasteiger partial charge in [-0.2, -0.15) is 5.10 Å². The average Bonchev–Trinajstić information content (AvgIpc) is 2.50. The van der Waals surface area contributed by atoms with Gasteiger partial charge in [0.1, 0.15) is 6.10 Å². The fraction of sp³-hybridized carbons (Fsp3) is 0.667. The first kappa shape index (κ1) is 10.2. The van der Waals surface area contributed by atoms with Crippen molar-refractivity contribution in [2.24, 2.45) is 18.2 Å². The minimum atomic E-state index is -0.565. The van der Waals surface area contributed by atoms with E-state index in [1.165, 1.54) is 0 Å². The van der Waals surface area contributed by atoms with Crippen molar-refractivity contribution in [1.82, 2.24) is 9.78 Å². The molecule has 13 heavy (non-hydrogen) atoms. The maximum absolute atomic E-state index is 9.98. The van der Waals surface area contributed by atoms with Crippen LogP contribution in [0.25, 0.3) is 0 Å². The van der Waals surface area contributed by atoms with Crippen LogP contribution in [-0.2, 0) is 7.05 Å². The van der Waals surface area contributed by atoms with E-state index >= 15 is 0 Å². The van der Waals surface area contributed by atoms with E-state index in [2.05, 4.69) is 5.10 Å². The van der Waals surface area contributed by atoms with E-state index < -0.39 is 6.10 Å². The Morgan fingerprint density at radius 3 is 2.69 bits per heavy atom. The molecule has 0 spiro atoms. The molecule has 74 valence electrons. The summed E-state index contributed by atoms with van der Waals surface area (Å²) in [6, 6.07) is 1.81. The third-order valence-electron chi connectivity index (χ3n) is 2.41. The molecule has 0 aliphatic heterocycles. The van der Waals surface area contributed by atoms with Crippen LogP contribution in [0.1, 0.15) is 25.6 Å². The van der Waals surface area contributed by atoms with Crippen molar-refractivity contribution < 1.29 is 5.11 Å². The first-order valence-electron chi connectivity index (χ1n) is 4.35. The van der Waals surface area contributed by atoms with E-state index in [1.54, 1.807) is 10.9 Å². The zero-order valence-corrected chi connectivity index (χ0v) is 8.36. The molecule has 0 aliphatic rings. The summed E-state index contributed by atoms with van der Waals surface area (Å²) < 4.78 is 1.67. The molecule has 1 aromatic rings. The van der Waals surface area contributed by atoms with Gasteiger partial charge in [0.05, 0.1) is 5.69 Å². The monoisotopic (exact) mass is 183 g/mol. The molecular formula is C9H17N3O. The highest BCUT2D eigenvalue weighted by molar-refractivity contribution is 5.07. The topological polar surface area (TPSA) is 64.1 Å². The summed E-state index contributed by atoms with van der Waals surface area (Å²) in [5.41, 5.74) is 6.06. The standard InChI is InChI=1S/C9H17N3O/c1-9(2,6-10)8(13)7-4-5-11-12(7)3/h4-5,8,13H,6,10H2,1-3H3. The second-order valence-electron chi connectivity index (χ2n) is 3.97. The molecule has 1 heterocycles. The van der Waals surface area contributed by atoms with Gasteiger partial charge in [0.25, 0.3) is 0 Å². The van der Waals surface area contributed by atoms with Crippen LogP contribution in [0, 0.1) is 5.41 Å². The number of nitrogens with zero attached hydrogens (tertiary/aromatic N) is 2. The molecule has 1 aromatic heterocycles. The van der Waals surface area contributed by atoms with Gasteiger partial charge in [-0.05, 0) is 6.07 Å². The largest absolute Gasteiger partial charge is 0.386 e. The smallest absolute Gasteiger partial charge is 0.102 e. The van der Waals surface area contributed by atoms with Crippen LogP contribution in [0.5, 0.6) is 0 Å². The lowest BCUT2D eigenvalue weighted by Crippen LogP contribution is -2.31. The summed E-state index contributed by atoms with van der Waals surface area (Å²) in [4.78, 5) is 0. The second-order valence-corrected chi connectivity index (χ2v) is 3.97. The van der Waals surface area contributed by atoms with E-state index in [4.69, 9.17) is 5.73 Å². The predicted octanol–water partition coefficient (Wildman–Crippen LogP) is 0.438. The van der Waals surface area contributed by atoms with Gasteiger partial charge in [-0.25, -0.2) is 0 Å². The SMILES string of the molecule is Cn1nccc1C(O)C(C)(C)CN. The lowest BCUT2D eigenvalue weighted by Gasteiger charge is -2.28. The molecule has 1 rings (SSSR count). The summed E-state index contributed by atoms with van der Waals surface area (Å²) in [6.45, 7) is 4.31.